The lowest BCUT2D eigenvalue weighted by molar-refractivity contribution is -0.132. The highest BCUT2D eigenvalue weighted by molar-refractivity contribution is 5.76. The third-order valence-electron chi connectivity index (χ3n) is 5.62. The normalized spacial score (nSPS) is 11.0. The van der Waals surface area contributed by atoms with Crippen molar-refractivity contribution in [2.24, 2.45) is 0 Å². The second-order valence-corrected chi connectivity index (χ2v) is 8.30. The van der Waals surface area contributed by atoms with Gasteiger partial charge in [-0.1, -0.05) is 75.3 Å². The fourth-order valence-electron chi connectivity index (χ4n) is 3.83. The number of benzene rings is 1. The number of aromatic nitrogens is 1. The molecule has 1 aromatic carbocycles. The molecule has 0 aliphatic carbocycles. The molecule has 0 fully saturated rings. The quantitative estimate of drug-likeness (QED) is 0.338. The van der Waals surface area contributed by atoms with Gasteiger partial charge in [0.2, 0.25) is 5.91 Å². The fourth-order valence-corrected chi connectivity index (χ4v) is 3.83. The number of ether oxygens (including phenoxy) is 1. The van der Waals surface area contributed by atoms with Crippen LogP contribution in [-0.4, -0.2) is 35.6 Å². The Morgan fingerprint density at radius 2 is 1.80 bits per heavy atom. The summed E-state index contributed by atoms with van der Waals surface area (Å²) in [7, 11) is 1.69. The zero-order chi connectivity index (χ0) is 21.6. The number of carbonyl (C=O) groups excluding carboxylic acids is 1. The Hall–Kier alpha value is -2.07. The molecule has 0 aliphatic rings. The summed E-state index contributed by atoms with van der Waals surface area (Å²) in [5.74, 6) is 0.240. The first-order chi connectivity index (χ1) is 14.6. The maximum absolute atomic E-state index is 12.9. The van der Waals surface area contributed by atoms with Crippen LogP contribution in [0.2, 0.25) is 0 Å². The highest BCUT2D eigenvalue weighted by Crippen LogP contribution is 2.14. The van der Waals surface area contributed by atoms with Gasteiger partial charge in [0, 0.05) is 38.5 Å². The fraction of sp³-hybridized carbons (Fsp3) is 0.577. The van der Waals surface area contributed by atoms with Crippen LogP contribution in [-0.2, 0) is 22.6 Å². The van der Waals surface area contributed by atoms with Gasteiger partial charge >= 0.3 is 0 Å². The van der Waals surface area contributed by atoms with Crippen molar-refractivity contribution in [2.75, 3.05) is 20.3 Å². The van der Waals surface area contributed by atoms with Gasteiger partial charge in [0.1, 0.15) is 0 Å². The smallest absolute Gasteiger partial charge is 0.222 e. The Kier molecular flexibility index (Phi) is 11.3. The monoisotopic (exact) mass is 412 g/mol. The Morgan fingerprint density at radius 1 is 1.03 bits per heavy atom. The van der Waals surface area contributed by atoms with E-state index in [2.05, 4.69) is 61.0 Å². The second kappa shape index (κ2) is 14.0. The molecule has 0 saturated carbocycles. The average molecular weight is 413 g/mol. The van der Waals surface area contributed by atoms with Crippen LogP contribution in [0.1, 0.15) is 75.1 Å². The summed E-state index contributed by atoms with van der Waals surface area (Å²) in [5, 5.41) is 0. The van der Waals surface area contributed by atoms with Crippen LogP contribution in [0.15, 0.2) is 42.6 Å². The number of unbranched alkanes of at least 4 members (excludes halogenated alkanes) is 6. The van der Waals surface area contributed by atoms with Crippen molar-refractivity contribution < 1.29 is 9.53 Å². The number of amides is 1. The molecule has 4 heteroatoms. The summed E-state index contributed by atoms with van der Waals surface area (Å²) in [6, 6.07) is 12.8. The zero-order valence-electron chi connectivity index (χ0n) is 19.2. The molecule has 0 spiro atoms. The van der Waals surface area contributed by atoms with Crippen LogP contribution in [0.3, 0.4) is 0 Å². The minimum absolute atomic E-state index is 0.240. The van der Waals surface area contributed by atoms with Crippen molar-refractivity contribution in [1.29, 1.82) is 0 Å². The number of aryl methyl sites for hydroxylation is 1. The van der Waals surface area contributed by atoms with Crippen LogP contribution in [0.5, 0.6) is 0 Å². The number of methoxy groups -OCH3 is 1. The number of rotatable bonds is 15. The van der Waals surface area contributed by atoms with Crippen molar-refractivity contribution in [1.82, 2.24) is 9.47 Å². The van der Waals surface area contributed by atoms with Gasteiger partial charge in [0.15, 0.2) is 0 Å². The maximum Gasteiger partial charge on any atom is 0.222 e. The van der Waals surface area contributed by atoms with E-state index in [9.17, 15) is 4.79 Å². The summed E-state index contributed by atoms with van der Waals surface area (Å²) in [4.78, 5) is 14.8. The van der Waals surface area contributed by atoms with Gasteiger partial charge in [-0.25, -0.2) is 0 Å². The van der Waals surface area contributed by atoms with Gasteiger partial charge in [0.25, 0.3) is 0 Å². The minimum Gasteiger partial charge on any atom is -0.383 e. The molecule has 0 N–H and O–H groups in total. The molecule has 4 nitrogen and oxygen atoms in total. The molecule has 0 aliphatic heterocycles. The largest absolute Gasteiger partial charge is 0.383 e. The van der Waals surface area contributed by atoms with Crippen LogP contribution in [0, 0.1) is 6.92 Å². The molecule has 2 rings (SSSR count). The van der Waals surface area contributed by atoms with E-state index in [1.807, 2.05) is 4.90 Å². The van der Waals surface area contributed by atoms with E-state index in [1.54, 1.807) is 7.11 Å². The van der Waals surface area contributed by atoms with Crippen molar-refractivity contribution in [3.63, 3.8) is 0 Å². The van der Waals surface area contributed by atoms with E-state index in [0.717, 1.165) is 19.4 Å². The third-order valence-corrected chi connectivity index (χ3v) is 5.62. The highest BCUT2D eigenvalue weighted by atomic mass is 16.5. The Bertz CT molecular complexity index is 738. The maximum atomic E-state index is 12.9. The van der Waals surface area contributed by atoms with E-state index < -0.39 is 0 Å². The molecule has 0 saturated heterocycles. The second-order valence-electron chi connectivity index (χ2n) is 8.30. The number of nitrogens with zero attached hydrogens (tertiary/aromatic N) is 2. The lowest BCUT2D eigenvalue weighted by atomic mass is 10.1. The van der Waals surface area contributed by atoms with E-state index in [-0.39, 0.29) is 5.91 Å². The lowest BCUT2D eigenvalue weighted by Gasteiger charge is -2.23. The highest BCUT2D eigenvalue weighted by Gasteiger charge is 2.15. The summed E-state index contributed by atoms with van der Waals surface area (Å²) in [6.45, 7) is 7.04. The van der Waals surface area contributed by atoms with Crippen LogP contribution < -0.4 is 0 Å². The molecule has 1 aromatic heterocycles. The predicted molar refractivity (Wildman–Crippen MR) is 125 cm³/mol. The topological polar surface area (TPSA) is 34.5 Å². The molecule has 30 heavy (non-hydrogen) atoms. The van der Waals surface area contributed by atoms with Crippen molar-refractivity contribution >= 4 is 5.91 Å². The molecule has 0 atom stereocenters. The number of hydrogen-bond acceptors (Lipinski definition) is 2. The standard InChI is InChI=1S/C26H40N2O2/c1-4-5-6-7-8-9-10-16-26(29)28(18-19-30-3)22-25-15-12-17-27(25)21-24-14-11-13-23(2)20-24/h11-15,17,20H,4-10,16,18-19,21-22H2,1-3H3. The molecular formula is C26H40N2O2. The van der Waals surface area contributed by atoms with Crippen LogP contribution in [0.4, 0.5) is 0 Å². The number of hydrogen-bond donors (Lipinski definition) is 0. The summed E-state index contributed by atoms with van der Waals surface area (Å²) in [6.07, 6.45) is 11.3. The number of carbonyl (C=O) groups is 1. The van der Waals surface area contributed by atoms with Crippen molar-refractivity contribution in [2.45, 2.75) is 78.3 Å². The van der Waals surface area contributed by atoms with Gasteiger partial charge in [-0.3, -0.25) is 4.79 Å². The minimum atomic E-state index is 0.240. The Morgan fingerprint density at radius 3 is 2.53 bits per heavy atom. The first-order valence-corrected chi connectivity index (χ1v) is 11.6. The Labute approximate surface area is 183 Å². The summed E-state index contributed by atoms with van der Waals surface area (Å²) < 4.78 is 7.51. The van der Waals surface area contributed by atoms with Gasteiger partial charge in [0.05, 0.1) is 13.2 Å². The molecule has 0 unspecified atom stereocenters. The first-order valence-electron chi connectivity index (χ1n) is 11.6. The molecule has 166 valence electrons. The van der Waals surface area contributed by atoms with Crippen molar-refractivity contribution in [3.05, 3.63) is 59.4 Å². The predicted octanol–water partition coefficient (Wildman–Crippen LogP) is 5.96. The SMILES string of the molecule is CCCCCCCCCC(=O)N(CCOC)Cc1cccn1Cc1cccc(C)c1. The van der Waals surface area contributed by atoms with Gasteiger partial charge < -0.3 is 14.2 Å². The van der Waals surface area contributed by atoms with E-state index in [0.29, 0.717) is 26.1 Å². The first kappa shape index (κ1) is 24.2. The van der Waals surface area contributed by atoms with E-state index >= 15 is 0 Å². The molecule has 1 amide bonds. The average Bonchev–Trinajstić information content (AvgIpc) is 3.16. The van der Waals surface area contributed by atoms with Gasteiger partial charge in [-0.05, 0) is 31.0 Å². The summed E-state index contributed by atoms with van der Waals surface area (Å²) >= 11 is 0. The van der Waals surface area contributed by atoms with Gasteiger partial charge in [-0.2, -0.15) is 0 Å². The Balaban J connectivity index is 1.89. The van der Waals surface area contributed by atoms with Crippen molar-refractivity contribution in [3.8, 4) is 0 Å². The van der Waals surface area contributed by atoms with Crippen LogP contribution >= 0.6 is 0 Å². The molecular weight excluding hydrogens is 372 g/mol. The third kappa shape index (κ3) is 8.74. The lowest BCUT2D eigenvalue weighted by Crippen LogP contribution is -2.34. The van der Waals surface area contributed by atoms with Gasteiger partial charge in [-0.15, -0.1) is 0 Å². The molecule has 2 aromatic rings. The van der Waals surface area contributed by atoms with E-state index in [1.165, 1.54) is 48.9 Å². The molecule has 1 heterocycles. The summed E-state index contributed by atoms with van der Waals surface area (Å²) in [5.41, 5.74) is 3.72. The van der Waals surface area contributed by atoms with E-state index in [4.69, 9.17) is 4.74 Å². The van der Waals surface area contributed by atoms with Crippen LogP contribution in [0.25, 0.3) is 0 Å². The molecule has 0 radical (unpaired) electrons. The zero-order valence-corrected chi connectivity index (χ0v) is 19.2. The molecule has 0 bridgehead atoms.